The first-order valence-corrected chi connectivity index (χ1v) is 4.65. The molecule has 0 radical (unpaired) electrons. The summed E-state index contributed by atoms with van der Waals surface area (Å²) in [6.07, 6.45) is 6.97. The van der Waals surface area contributed by atoms with E-state index in [-0.39, 0.29) is 11.5 Å². The molecule has 1 heterocycles. The molecule has 3 heteroatoms. The highest BCUT2D eigenvalue weighted by Gasteiger charge is 2.36. The second kappa shape index (κ2) is 3.42. The number of aliphatic hydroxyl groups is 1. The molecular weight excluding hydrogens is 180 g/mol. The molecule has 1 aliphatic heterocycles. The average molecular weight is 192 g/mol. The predicted octanol–water partition coefficient (Wildman–Crippen LogP) is 1.11. The van der Waals surface area contributed by atoms with Gasteiger partial charge in [-0.3, -0.25) is 4.79 Å². The van der Waals surface area contributed by atoms with Gasteiger partial charge in [0, 0.05) is 0 Å². The summed E-state index contributed by atoms with van der Waals surface area (Å²) in [5, 5.41) is 9.36. The Hall–Kier alpha value is -1.35. The van der Waals surface area contributed by atoms with E-state index in [1.54, 1.807) is 13.0 Å². The number of carbonyl (C=O) groups excluding carboxylic acids is 1. The topological polar surface area (TPSA) is 46.5 Å². The number of carbonyl (C=O) groups is 1. The summed E-state index contributed by atoms with van der Waals surface area (Å²) in [5.41, 5.74) is 1.04. The van der Waals surface area contributed by atoms with E-state index < -0.39 is 12.2 Å². The largest absolute Gasteiger partial charge is 0.484 e. The SMILES string of the molecule is CC1O/C(=C/C2=CC=CC2)C(=O)C1O. The standard InChI is InChI=1S/C11H12O3/c1-7-10(12)11(13)9(14-7)6-8-4-2-3-5-8/h2-4,6-7,10,12H,5H2,1H3/b9-6+. The van der Waals surface area contributed by atoms with E-state index in [1.807, 2.05) is 18.2 Å². The van der Waals surface area contributed by atoms with Crippen LogP contribution >= 0.6 is 0 Å². The highest BCUT2D eigenvalue weighted by atomic mass is 16.5. The first-order chi connectivity index (χ1) is 6.68. The molecule has 0 aromatic rings. The lowest BCUT2D eigenvalue weighted by Gasteiger charge is -2.03. The van der Waals surface area contributed by atoms with Gasteiger partial charge in [-0.05, 0) is 25.0 Å². The Morgan fingerprint density at radius 2 is 2.43 bits per heavy atom. The number of hydrogen-bond acceptors (Lipinski definition) is 3. The van der Waals surface area contributed by atoms with Gasteiger partial charge >= 0.3 is 0 Å². The summed E-state index contributed by atoms with van der Waals surface area (Å²) < 4.78 is 5.24. The van der Waals surface area contributed by atoms with Crippen LogP contribution in [0.15, 0.2) is 35.6 Å². The molecule has 0 spiro atoms. The maximum Gasteiger partial charge on any atom is 0.229 e. The lowest BCUT2D eigenvalue weighted by Crippen LogP contribution is -2.22. The zero-order valence-corrected chi connectivity index (χ0v) is 7.93. The zero-order valence-electron chi connectivity index (χ0n) is 7.93. The first kappa shape index (κ1) is 9.21. The fraction of sp³-hybridized carbons (Fsp3) is 0.364. The van der Waals surface area contributed by atoms with Crippen molar-refractivity contribution in [3.63, 3.8) is 0 Å². The van der Waals surface area contributed by atoms with Crippen molar-refractivity contribution < 1.29 is 14.6 Å². The normalized spacial score (nSPS) is 33.7. The van der Waals surface area contributed by atoms with Crippen molar-refractivity contribution in [2.45, 2.75) is 25.6 Å². The van der Waals surface area contributed by atoms with Crippen molar-refractivity contribution in [1.82, 2.24) is 0 Å². The summed E-state index contributed by atoms with van der Waals surface area (Å²) in [7, 11) is 0. The quantitative estimate of drug-likeness (QED) is 0.633. The molecule has 1 N–H and O–H groups in total. The van der Waals surface area contributed by atoms with Gasteiger partial charge < -0.3 is 9.84 Å². The van der Waals surface area contributed by atoms with Gasteiger partial charge in [-0.25, -0.2) is 0 Å². The lowest BCUT2D eigenvalue weighted by molar-refractivity contribution is -0.121. The van der Waals surface area contributed by atoms with E-state index in [4.69, 9.17) is 4.74 Å². The summed E-state index contributed by atoms with van der Waals surface area (Å²) >= 11 is 0. The summed E-state index contributed by atoms with van der Waals surface area (Å²) in [5.74, 6) is -0.0368. The van der Waals surface area contributed by atoms with E-state index in [0.29, 0.717) is 0 Å². The fourth-order valence-corrected chi connectivity index (χ4v) is 1.53. The molecule has 2 unspecified atom stereocenters. The van der Waals surface area contributed by atoms with Crippen molar-refractivity contribution in [3.8, 4) is 0 Å². The second-order valence-electron chi connectivity index (χ2n) is 3.51. The highest BCUT2D eigenvalue weighted by Crippen LogP contribution is 2.23. The highest BCUT2D eigenvalue weighted by molar-refractivity contribution is 5.99. The predicted molar refractivity (Wildman–Crippen MR) is 51.5 cm³/mol. The molecule has 2 aliphatic rings. The third-order valence-corrected chi connectivity index (χ3v) is 2.39. The fourth-order valence-electron chi connectivity index (χ4n) is 1.53. The van der Waals surface area contributed by atoms with Crippen LogP contribution in [0.3, 0.4) is 0 Å². The molecule has 0 aromatic carbocycles. The molecule has 1 aliphatic carbocycles. The van der Waals surface area contributed by atoms with E-state index >= 15 is 0 Å². The van der Waals surface area contributed by atoms with Crippen molar-refractivity contribution >= 4 is 5.78 Å². The van der Waals surface area contributed by atoms with Gasteiger partial charge in [0.2, 0.25) is 5.78 Å². The van der Waals surface area contributed by atoms with Crippen LogP contribution in [0.2, 0.25) is 0 Å². The number of rotatable bonds is 1. The van der Waals surface area contributed by atoms with Gasteiger partial charge in [0.05, 0.1) is 0 Å². The minimum Gasteiger partial charge on any atom is -0.484 e. The number of allylic oxidation sites excluding steroid dienone is 5. The smallest absolute Gasteiger partial charge is 0.229 e. The Morgan fingerprint density at radius 3 is 2.93 bits per heavy atom. The molecule has 1 saturated heterocycles. The number of aliphatic hydroxyl groups excluding tert-OH is 1. The van der Waals surface area contributed by atoms with Crippen molar-refractivity contribution in [2.24, 2.45) is 0 Å². The zero-order chi connectivity index (χ0) is 10.1. The van der Waals surface area contributed by atoms with Crippen LogP contribution < -0.4 is 0 Å². The minimum atomic E-state index is -1.00. The summed E-state index contributed by atoms with van der Waals surface area (Å²) in [6, 6.07) is 0. The third-order valence-electron chi connectivity index (χ3n) is 2.39. The first-order valence-electron chi connectivity index (χ1n) is 4.65. The number of ketones is 1. The number of hydrogen-bond donors (Lipinski definition) is 1. The van der Waals surface area contributed by atoms with E-state index in [9.17, 15) is 9.90 Å². The van der Waals surface area contributed by atoms with Gasteiger partial charge in [-0.2, -0.15) is 0 Å². The van der Waals surface area contributed by atoms with Gasteiger partial charge in [-0.1, -0.05) is 18.2 Å². The van der Waals surface area contributed by atoms with Gasteiger partial charge in [0.25, 0.3) is 0 Å². The minimum absolute atomic E-state index is 0.278. The van der Waals surface area contributed by atoms with Crippen molar-refractivity contribution in [2.75, 3.05) is 0 Å². The maximum absolute atomic E-state index is 11.4. The lowest BCUT2D eigenvalue weighted by atomic mass is 10.1. The van der Waals surface area contributed by atoms with Gasteiger partial charge in [-0.15, -0.1) is 0 Å². The Labute approximate surface area is 82.4 Å². The number of Topliss-reactive ketones (excluding diaryl/α,β-unsaturated/α-hetero) is 1. The Morgan fingerprint density at radius 1 is 1.64 bits per heavy atom. The molecule has 14 heavy (non-hydrogen) atoms. The molecule has 1 fully saturated rings. The van der Waals surface area contributed by atoms with Crippen LogP contribution in [0, 0.1) is 0 Å². The van der Waals surface area contributed by atoms with E-state index in [0.717, 1.165) is 12.0 Å². The van der Waals surface area contributed by atoms with Crippen LogP contribution in [0.1, 0.15) is 13.3 Å². The van der Waals surface area contributed by atoms with Gasteiger partial charge in [0.15, 0.2) is 11.9 Å². The molecule has 74 valence electrons. The van der Waals surface area contributed by atoms with Crippen LogP contribution in [-0.4, -0.2) is 23.1 Å². The van der Waals surface area contributed by atoms with E-state index in [2.05, 4.69) is 0 Å². The molecule has 0 amide bonds. The number of ether oxygens (including phenoxy) is 1. The monoisotopic (exact) mass is 192 g/mol. The third kappa shape index (κ3) is 1.51. The average Bonchev–Trinajstić information content (AvgIpc) is 2.73. The summed E-state index contributed by atoms with van der Waals surface area (Å²) in [6.45, 7) is 1.69. The Bertz CT molecular complexity index is 350. The Kier molecular flexibility index (Phi) is 2.25. The summed E-state index contributed by atoms with van der Waals surface area (Å²) in [4.78, 5) is 11.4. The molecule has 0 bridgehead atoms. The molecule has 0 saturated carbocycles. The van der Waals surface area contributed by atoms with Crippen molar-refractivity contribution in [1.29, 1.82) is 0 Å². The van der Waals surface area contributed by atoms with Crippen LogP contribution in [-0.2, 0) is 9.53 Å². The van der Waals surface area contributed by atoms with Gasteiger partial charge in [0.1, 0.15) is 6.10 Å². The molecule has 2 atom stereocenters. The van der Waals surface area contributed by atoms with Crippen LogP contribution in [0.25, 0.3) is 0 Å². The molecule has 2 rings (SSSR count). The van der Waals surface area contributed by atoms with Crippen LogP contribution in [0.5, 0.6) is 0 Å². The van der Waals surface area contributed by atoms with Crippen LogP contribution in [0.4, 0.5) is 0 Å². The Balaban J connectivity index is 2.16. The molecule has 0 aromatic heterocycles. The maximum atomic E-state index is 11.4. The van der Waals surface area contributed by atoms with E-state index in [1.165, 1.54) is 0 Å². The van der Waals surface area contributed by atoms with Crippen molar-refractivity contribution in [3.05, 3.63) is 35.6 Å². The molecular formula is C11H12O3. The second-order valence-corrected chi connectivity index (χ2v) is 3.51. The molecule has 3 nitrogen and oxygen atoms in total.